The van der Waals surface area contributed by atoms with Crippen molar-refractivity contribution in [2.45, 2.75) is 18.9 Å². The van der Waals surface area contributed by atoms with Gasteiger partial charge in [0.05, 0.1) is 13.0 Å². The summed E-state index contributed by atoms with van der Waals surface area (Å²) in [5, 5.41) is 8.60. The highest BCUT2D eigenvalue weighted by atomic mass is 16.6. The number of piperidine rings is 1. The molecular formula is C8H11NO4. The van der Waals surface area contributed by atoms with Gasteiger partial charge in [0.2, 0.25) is 0 Å². The zero-order valence-electron chi connectivity index (χ0n) is 7.10. The molecule has 2 saturated heterocycles. The molecular weight excluding hydrogens is 174 g/mol. The second-order valence-electron chi connectivity index (χ2n) is 3.51. The van der Waals surface area contributed by atoms with Gasteiger partial charge < -0.3 is 14.7 Å². The molecule has 0 aromatic carbocycles. The number of carbonyl (C=O) groups is 2. The average Bonchev–Trinajstić information content (AvgIpc) is 2.34. The molecule has 2 fully saturated rings. The van der Waals surface area contributed by atoms with Crippen molar-refractivity contribution in [1.29, 1.82) is 0 Å². The minimum atomic E-state index is -0.818. The molecule has 1 amide bonds. The predicted molar refractivity (Wildman–Crippen MR) is 42.2 cm³/mol. The monoisotopic (exact) mass is 185 g/mol. The lowest BCUT2D eigenvalue weighted by Crippen LogP contribution is -2.37. The van der Waals surface area contributed by atoms with E-state index >= 15 is 0 Å². The van der Waals surface area contributed by atoms with Crippen molar-refractivity contribution in [1.82, 2.24) is 4.90 Å². The Bertz CT molecular complexity index is 253. The molecule has 2 aliphatic rings. The summed E-state index contributed by atoms with van der Waals surface area (Å²) in [6.07, 6.45) is 0.351. The van der Waals surface area contributed by atoms with Crippen molar-refractivity contribution in [3.05, 3.63) is 0 Å². The summed E-state index contributed by atoms with van der Waals surface area (Å²) in [4.78, 5) is 23.1. The molecule has 0 aliphatic carbocycles. The van der Waals surface area contributed by atoms with Crippen LogP contribution in [0.25, 0.3) is 0 Å². The van der Waals surface area contributed by atoms with E-state index in [0.29, 0.717) is 13.1 Å². The number of rotatable bonds is 2. The normalized spacial score (nSPS) is 31.7. The summed E-state index contributed by atoms with van der Waals surface area (Å²) in [6.45, 7) is 1.20. The van der Waals surface area contributed by atoms with Gasteiger partial charge in [-0.25, -0.2) is 4.79 Å². The lowest BCUT2D eigenvalue weighted by molar-refractivity contribution is -0.139. The van der Waals surface area contributed by atoms with Gasteiger partial charge in [-0.3, -0.25) is 4.79 Å². The molecule has 0 unspecified atom stereocenters. The minimum Gasteiger partial charge on any atom is -0.481 e. The second-order valence-corrected chi connectivity index (χ2v) is 3.51. The Balaban J connectivity index is 2.01. The molecule has 13 heavy (non-hydrogen) atoms. The lowest BCUT2D eigenvalue weighted by atomic mass is 9.92. The van der Waals surface area contributed by atoms with Crippen LogP contribution in [-0.4, -0.2) is 41.3 Å². The number of ether oxygens (including phenoxy) is 1. The summed E-state index contributed by atoms with van der Waals surface area (Å²) >= 11 is 0. The number of carboxylic acids is 1. The van der Waals surface area contributed by atoms with Crippen molar-refractivity contribution < 1.29 is 19.4 Å². The van der Waals surface area contributed by atoms with Gasteiger partial charge in [-0.1, -0.05) is 0 Å². The molecule has 2 bridgehead atoms. The summed E-state index contributed by atoms with van der Waals surface area (Å²) < 4.78 is 5.02. The van der Waals surface area contributed by atoms with E-state index in [1.54, 1.807) is 4.90 Å². The van der Waals surface area contributed by atoms with Gasteiger partial charge in [-0.2, -0.15) is 0 Å². The van der Waals surface area contributed by atoms with E-state index in [2.05, 4.69) is 0 Å². The van der Waals surface area contributed by atoms with Gasteiger partial charge in [0.25, 0.3) is 0 Å². The van der Waals surface area contributed by atoms with Crippen molar-refractivity contribution in [2.24, 2.45) is 5.92 Å². The fraction of sp³-hybridized carbons (Fsp3) is 0.750. The first-order valence-corrected chi connectivity index (χ1v) is 4.34. The summed E-state index contributed by atoms with van der Waals surface area (Å²) in [5.41, 5.74) is 0. The molecule has 2 aliphatic heterocycles. The minimum absolute atomic E-state index is 0.000185. The molecule has 0 aromatic heterocycles. The van der Waals surface area contributed by atoms with Crippen LogP contribution in [0.5, 0.6) is 0 Å². The molecule has 5 heteroatoms. The van der Waals surface area contributed by atoms with Crippen LogP contribution in [0.1, 0.15) is 12.8 Å². The molecule has 1 N–H and O–H groups in total. The van der Waals surface area contributed by atoms with E-state index in [9.17, 15) is 9.59 Å². The van der Waals surface area contributed by atoms with Crippen LogP contribution in [0.15, 0.2) is 0 Å². The van der Waals surface area contributed by atoms with Gasteiger partial charge in [-0.05, 0) is 6.42 Å². The number of fused-ring (bicyclic) bond motifs is 2. The van der Waals surface area contributed by atoms with E-state index in [0.717, 1.165) is 6.42 Å². The van der Waals surface area contributed by atoms with Crippen LogP contribution in [0.3, 0.4) is 0 Å². The highest BCUT2D eigenvalue weighted by Crippen LogP contribution is 2.29. The SMILES string of the molecule is O=C(O)C[C@@H]1CCN2C[C@H]1OC2=O. The Hall–Kier alpha value is -1.26. The third-order valence-electron chi connectivity index (χ3n) is 2.64. The zero-order chi connectivity index (χ0) is 9.42. The molecule has 0 radical (unpaired) electrons. The van der Waals surface area contributed by atoms with Crippen LogP contribution < -0.4 is 0 Å². The summed E-state index contributed by atoms with van der Waals surface area (Å²) in [6, 6.07) is 0. The Morgan fingerprint density at radius 1 is 1.69 bits per heavy atom. The molecule has 0 saturated carbocycles. The molecule has 5 nitrogen and oxygen atoms in total. The first-order valence-electron chi connectivity index (χ1n) is 4.34. The maximum absolute atomic E-state index is 11.0. The predicted octanol–water partition coefficient (Wildman–Crippen LogP) is 0.302. The van der Waals surface area contributed by atoms with E-state index in [1.165, 1.54) is 0 Å². The first kappa shape index (κ1) is 8.34. The summed E-state index contributed by atoms with van der Waals surface area (Å²) in [5.74, 6) is -0.818. The van der Waals surface area contributed by atoms with Crippen molar-refractivity contribution in [3.8, 4) is 0 Å². The fourth-order valence-corrected chi connectivity index (χ4v) is 1.93. The standard InChI is InChI=1S/C8H11NO4/c10-7(11)3-5-1-2-9-4-6(5)13-8(9)12/h5-6H,1-4H2,(H,10,11)/t5-,6+/m0/s1. The molecule has 2 rings (SSSR count). The van der Waals surface area contributed by atoms with Gasteiger partial charge in [0.15, 0.2) is 0 Å². The molecule has 72 valence electrons. The molecule has 2 atom stereocenters. The topological polar surface area (TPSA) is 66.8 Å². The number of amides is 1. The lowest BCUT2D eigenvalue weighted by Gasteiger charge is -2.25. The second kappa shape index (κ2) is 2.90. The number of carbonyl (C=O) groups excluding carboxylic acids is 1. The quantitative estimate of drug-likeness (QED) is 0.672. The van der Waals surface area contributed by atoms with Crippen molar-refractivity contribution in [3.63, 3.8) is 0 Å². The van der Waals surface area contributed by atoms with Gasteiger partial charge in [0, 0.05) is 12.5 Å². The summed E-state index contributed by atoms with van der Waals surface area (Å²) in [7, 11) is 0. The Morgan fingerprint density at radius 3 is 3.15 bits per heavy atom. The fourth-order valence-electron chi connectivity index (χ4n) is 1.93. The molecule has 2 heterocycles. The Labute approximate surface area is 75.3 Å². The van der Waals surface area contributed by atoms with Crippen LogP contribution in [-0.2, 0) is 9.53 Å². The van der Waals surface area contributed by atoms with E-state index in [-0.39, 0.29) is 24.5 Å². The zero-order valence-corrected chi connectivity index (χ0v) is 7.10. The third kappa shape index (κ3) is 1.46. The maximum Gasteiger partial charge on any atom is 0.410 e. The highest BCUT2D eigenvalue weighted by Gasteiger charge is 2.41. The van der Waals surface area contributed by atoms with Crippen molar-refractivity contribution in [2.75, 3.05) is 13.1 Å². The Kier molecular flexibility index (Phi) is 1.86. The Morgan fingerprint density at radius 2 is 2.46 bits per heavy atom. The number of hydrogen-bond donors (Lipinski definition) is 1. The van der Waals surface area contributed by atoms with Gasteiger partial charge in [-0.15, -0.1) is 0 Å². The molecule has 0 aromatic rings. The third-order valence-corrected chi connectivity index (χ3v) is 2.64. The van der Waals surface area contributed by atoms with Crippen LogP contribution >= 0.6 is 0 Å². The smallest absolute Gasteiger partial charge is 0.410 e. The van der Waals surface area contributed by atoms with Crippen LogP contribution in [0.4, 0.5) is 4.79 Å². The maximum atomic E-state index is 11.0. The van der Waals surface area contributed by atoms with E-state index < -0.39 is 5.97 Å². The van der Waals surface area contributed by atoms with Gasteiger partial charge >= 0.3 is 12.1 Å². The number of carboxylic acid groups (broad SMARTS) is 1. The average molecular weight is 185 g/mol. The van der Waals surface area contributed by atoms with E-state index in [4.69, 9.17) is 9.84 Å². The highest BCUT2D eigenvalue weighted by molar-refractivity contribution is 5.71. The number of nitrogens with zero attached hydrogens (tertiary/aromatic N) is 1. The molecule has 0 spiro atoms. The number of hydrogen-bond acceptors (Lipinski definition) is 3. The number of aliphatic carboxylic acids is 1. The first-order chi connectivity index (χ1) is 6.16. The van der Waals surface area contributed by atoms with Gasteiger partial charge in [0.1, 0.15) is 6.10 Å². The van der Waals surface area contributed by atoms with Crippen LogP contribution in [0, 0.1) is 5.92 Å². The van der Waals surface area contributed by atoms with Crippen LogP contribution in [0.2, 0.25) is 0 Å². The largest absolute Gasteiger partial charge is 0.481 e. The van der Waals surface area contributed by atoms with Crippen molar-refractivity contribution >= 4 is 12.1 Å². The van der Waals surface area contributed by atoms with E-state index in [1.807, 2.05) is 0 Å².